The molecule has 0 saturated carbocycles. The summed E-state index contributed by atoms with van der Waals surface area (Å²) in [5.74, 6) is 5.36. The predicted molar refractivity (Wildman–Crippen MR) is 58.5 cm³/mol. The molecule has 14 heavy (non-hydrogen) atoms. The van der Waals surface area contributed by atoms with E-state index in [1.807, 2.05) is 38.1 Å². The van der Waals surface area contributed by atoms with Gasteiger partial charge in [0.25, 0.3) is 0 Å². The SMILES string of the molecule is Cc1ccc([C@H](C)N=C(N)NN)cc1. The Morgan fingerprint density at radius 2 is 1.93 bits per heavy atom. The third kappa shape index (κ3) is 2.74. The first-order valence-electron chi connectivity index (χ1n) is 4.50. The summed E-state index contributed by atoms with van der Waals surface area (Å²) in [5.41, 5.74) is 10.1. The maximum Gasteiger partial charge on any atom is 0.203 e. The van der Waals surface area contributed by atoms with Crippen molar-refractivity contribution in [2.45, 2.75) is 19.9 Å². The summed E-state index contributed by atoms with van der Waals surface area (Å²) in [6, 6.07) is 8.19. The molecule has 1 rings (SSSR count). The number of hydrogen-bond acceptors (Lipinski definition) is 2. The molecule has 4 nitrogen and oxygen atoms in total. The Labute approximate surface area is 84.0 Å². The van der Waals surface area contributed by atoms with E-state index in [4.69, 9.17) is 11.6 Å². The first kappa shape index (κ1) is 10.5. The molecule has 1 atom stereocenters. The van der Waals surface area contributed by atoms with Crippen molar-refractivity contribution in [3.05, 3.63) is 35.4 Å². The molecule has 0 aliphatic heterocycles. The van der Waals surface area contributed by atoms with Crippen LogP contribution in [0.25, 0.3) is 0 Å². The lowest BCUT2D eigenvalue weighted by Crippen LogP contribution is -2.37. The molecule has 0 aromatic heterocycles. The first-order chi connectivity index (χ1) is 6.63. The highest BCUT2D eigenvalue weighted by Crippen LogP contribution is 2.16. The third-order valence-electron chi connectivity index (χ3n) is 2.04. The van der Waals surface area contributed by atoms with Gasteiger partial charge >= 0.3 is 0 Å². The van der Waals surface area contributed by atoms with Crippen molar-refractivity contribution < 1.29 is 0 Å². The second-order valence-corrected chi connectivity index (χ2v) is 3.25. The highest BCUT2D eigenvalue weighted by molar-refractivity contribution is 5.77. The van der Waals surface area contributed by atoms with E-state index in [0.717, 1.165) is 5.56 Å². The van der Waals surface area contributed by atoms with Gasteiger partial charge in [-0.15, -0.1) is 0 Å². The van der Waals surface area contributed by atoms with Gasteiger partial charge in [0.05, 0.1) is 6.04 Å². The Morgan fingerprint density at radius 1 is 1.36 bits per heavy atom. The van der Waals surface area contributed by atoms with Crippen LogP contribution >= 0.6 is 0 Å². The quantitative estimate of drug-likeness (QED) is 0.281. The molecule has 0 heterocycles. The van der Waals surface area contributed by atoms with E-state index in [1.54, 1.807) is 0 Å². The molecule has 0 radical (unpaired) electrons. The second kappa shape index (κ2) is 4.62. The second-order valence-electron chi connectivity index (χ2n) is 3.25. The fourth-order valence-corrected chi connectivity index (χ4v) is 1.17. The summed E-state index contributed by atoms with van der Waals surface area (Å²) in [7, 11) is 0. The lowest BCUT2D eigenvalue weighted by Gasteiger charge is -2.08. The number of nitrogens with two attached hydrogens (primary N) is 2. The van der Waals surface area contributed by atoms with Gasteiger partial charge in [0.1, 0.15) is 0 Å². The van der Waals surface area contributed by atoms with Crippen LogP contribution in [0.5, 0.6) is 0 Å². The molecule has 4 heteroatoms. The minimum Gasteiger partial charge on any atom is -0.369 e. The summed E-state index contributed by atoms with van der Waals surface area (Å²) in [5, 5.41) is 0. The van der Waals surface area contributed by atoms with E-state index in [0.29, 0.717) is 0 Å². The topological polar surface area (TPSA) is 76.4 Å². The van der Waals surface area contributed by atoms with Crippen LogP contribution in [0.1, 0.15) is 24.1 Å². The number of hydrazine groups is 1. The molecular formula is C10H16N4. The van der Waals surface area contributed by atoms with Crippen LogP contribution in [0.15, 0.2) is 29.3 Å². The molecule has 0 aliphatic rings. The van der Waals surface area contributed by atoms with Crippen LogP contribution in [-0.2, 0) is 0 Å². The predicted octanol–water partition coefficient (Wildman–Crippen LogP) is 0.834. The van der Waals surface area contributed by atoms with E-state index in [-0.39, 0.29) is 12.0 Å². The number of nitrogens with zero attached hydrogens (tertiary/aromatic N) is 1. The van der Waals surface area contributed by atoms with Crippen molar-refractivity contribution in [1.29, 1.82) is 0 Å². The standard InChI is InChI=1S/C10H16N4/c1-7-3-5-9(6-4-7)8(2)13-10(11)14-12/h3-6,8H,12H2,1-2H3,(H3,11,13,14)/t8-/m0/s1. The molecule has 76 valence electrons. The number of guanidine groups is 1. The van der Waals surface area contributed by atoms with E-state index in [1.165, 1.54) is 5.56 Å². The number of benzene rings is 1. The molecular weight excluding hydrogens is 176 g/mol. The van der Waals surface area contributed by atoms with Gasteiger partial charge in [0, 0.05) is 0 Å². The van der Waals surface area contributed by atoms with Gasteiger partial charge < -0.3 is 5.73 Å². The normalized spacial score (nSPS) is 13.8. The highest BCUT2D eigenvalue weighted by atomic mass is 15.3. The molecule has 0 unspecified atom stereocenters. The van der Waals surface area contributed by atoms with Gasteiger partial charge in [-0.3, -0.25) is 5.43 Å². The fraction of sp³-hybridized carbons (Fsp3) is 0.300. The number of nitrogens with one attached hydrogen (secondary N) is 1. The van der Waals surface area contributed by atoms with Gasteiger partial charge in [0.2, 0.25) is 5.96 Å². The zero-order valence-corrected chi connectivity index (χ0v) is 8.49. The Bertz CT molecular complexity index is 315. The summed E-state index contributed by atoms with van der Waals surface area (Å²) < 4.78 is 0. The molecule has 0 aliphatic carbocycles. The average molecular weight is 192 g/mol. The highest BCUT2D eigenvalue weighted by Gasteiger charge is 2.02. The van der Waals surface area contributed by atoms with Crippen LogP contribution in [-0.4, -0.2) is 5.96 Å². The monoisotopic (exact) mass is 192 g/mol. The van der Waals surface area contributed by atoms with Crippen LogP contribution in [0.4, 0.5) is 0 Å². The molecule has 0 saturated heterocycles. The summed E-state index contributed by atoms with van der Waals surface area (Å²) in [4.78, 5) is 4.15. The third-order valence-corrected chi connectivity index (χ3v) is 2.04. The van der Waals surface area contributed by atoms with E-state index < -0.39 is 0 Å². The van der Waals surface area contributed by atoms with Crippen LogP contribution < -0.4 is 17.0 Å². The van der Waals surface area contributed by atoms with Crippen molar-refractivity contribution in [1.82, 2.24) is 5.43 Å². The maximum atomic E-state index is 5.46. The summed E-state index contributed by atoms with van der Waals surface area (Å²) in [6.07, 6.45) is 0. The summed E-state index contributed by atoms with van der Waals surface area (Å²) >= 11 is 0. The van der Waals surface area contributed by atoms with E-state index >= 15 is 0 Å². The fourth-order valence-electron chi connectivity index (χ4n) is 1.17. The zero-order chi connectivity index (χ0) is 10.6. The summed E-state index contributed by atoms with van der Waals surface area (Å²) in [6.45, 7) is 4.02. The Morgan fingerprint density at radius 3 is 2.43 bits per heavy atom. The number of aliphatic imine (C=N–C) groups is 1. The number of rotatable bonds is 2. The number of hydrogen-bond donors (Lipinski definition) is 3. The van der Waals surface area contributed by atoms with Crippen LogP contribution in [0.2, 0.25) is 0 Å². The van der Waals surface area contributed by atoms with Crippen molar-refractivity contribution in [3.63, 3.8) is 0 Å². The van der Waals surface area contributed by atoms with Crippen molar-refractivity contribution >= 4 is 5.96 Å². The smallest absolute Gasteiger partial charge is 0.203 e. The lowest BCUT2D eigenvalue weighted by molar-refractivity contribution is 0.800. The molecule has 5 N–H and O–H groups in total. The van der Waals surface area contributed by atoms with Gasteiger partial charge in [-0.25, -0.2) is 10.8 Å². The van der Waals surface area contributed by atoms with Crippen LogP contribution in [0, 0.1) is 6.92 Å². The van der Waals surface area contributed by atoms with Gasteiger partial charge in [0.15, 0.2) is 0 Å². The Balaban J connectivity index is 2.79. The van der Waals surface area contributed by atoms with E-state index in [2.05, 4.69) is 10.4 Å². The van der Waals surface area contributed by atoms with Crippen LogP contribution in [0.3, 0.4) is 0 Å². The maximum absolute atomic E-state index is 5.46. The largest absolute Gasteiger partial charge is 0.369 e. The lowest BCUT2D eigenvalue weighted by atomic mass is 10.1. The Kier molecular flexibility index (Phi) is 3.48. The minimum atomic E-state index is 0.0200. The van der Waals surface area contributed by atoms with Crippen molar-refractivity contribution in [2.24, 2.45) is 16.6 Å². The molecule has 0 spiro atoms. The first-order valence-corrected chi connectivity index (χ1v) is 4.50. The molecule has 0 amide bonds. The molecule has 0 fully saturated rings. The Hall–Kier alpha value is -1.55. The van der Waals surface area contributed by atoms with E-state index in [9.17, 15) is 0 Å². The molecule has 1 aromatic carbocycles. The number of aryl methyl sites for hydroxylation is 1. The minimum absolute atomic E-state index is 0.0200. The molecule has 1 aromatic rings. The van der Waals surface area contributed by atoms with Crippen molar-refractivity contribution in [2.75, 3.05) is 0 Å². The van der Waals surface area contributed by atoms with Crippen molar-refractivity contribution in [3.8, 4) is 0 Å². The average Bonchev–Trinajstić information content (AvgIpc) is 2.18. The van der Waals surface area contributed by atoms with Gasteiger partial charge in [-0.2, -0.15) is 0 Å². The van der Waals surface area contributed by atoms with Gasteiger partial charge in [-0.05, 0) is 19.4 Å². The van der Waals surface area contributed by atoms with Gasteiger partial charge in [-0.1, -0.05) is 29.8 Å². The zero-order valence-electron chi connectivity index (χ0n) is 8.49. The molecule has 0 bridgehead atoms.